The van der Waals surface area contributed by atoms with Crippen molar-refractivity contribution in [3.8, 4) is 0 Å². The molecular weight excluding hydrogens is 800 g/mol. The molecule has 5 heteroatoms. The lowest BCUT2D eigenvalue weighted by Gasteiger charge is -2.28. The van der Waals surface area contributed by atoms with Gasteiger partial charge in [-0.05, 0) is 76.0 Å². The quantitative estimate of drug-likeness (QED) is 0.0726. The molecule has 1 aliphatic rings. The Kier molecular flexibility index (Phi) is 21.0. The van der Waals surface area contributed by atoms with E-state index in [-0.39, 0.29) is 18.4 Å². The lowest BCUT2D eigenvalue weighted by molar-refractivity contribution is -0.429. The minimum Gasteiger partial charge on any atom is -1.00 e. The molecule has 4 aromatic rings. The van der Waals surface area contributed by atoms with Crippen molar-refractivity contribution in [1.29, 1.82) is 0 Å². The van der Waals surface area contributed by atoms with Gasteiger partial charge in [0.25, 0.3) is 0 Å². The van der Waals surface area contributed by atoms with Crippen LogP contribution in [0.4, 0.5) is 22.7 Å². The van der Waals surface area contributed by atoms with Gasteiger partial charge in [-0.15, -0.1) is 13.2 Å². The van der Waals surface area contributed by atoms with E-state index in [1.807, 2.05) is 6.08 Å². The average Bonchev–Trinajstić information content (AvgIpc) is 3.65. The number of hydrogen-bond donors (Lipinski definition) is 2. The molecule has 0 spiro atoms. The molecule has 64 heavy (non-hydrogen) atoms. The molecule has 0 aliphatic carbocycles. The molecule has 4 aromatic carbocycles. The van der Waals surface area contributed by atoms with E-state index in [4.69, 9.17) is 0 Å². The van der Waals surface area contributed by atoms with Crippen LogP contribution in [0.1, 0.15) is 215 Å². The molecule has 0 fully saturated rings. The highest BCUT2D eigenvalue weighted by Gasteiger charge is 2.38. The van der Waals surface area contributed by atoms with Crippen LogP contribution in [0.2, 0.25) is 0 Å². The maximum atomic E-state index is 4.10. The first-order valence-electron chi connectivity index (χ1n) is 24.5. The maximum absolute atomic E-state index is 4.10. The van der Waals surface area contributed by atoms with Crippen molar-refractivity contribution in [3.63, 3.8) is 0 Å². The minimum absolute atomic E-state index is 0. The van der Waals surface area contributed by atoms with Gasteiger partial charge in [-0.1, -0.05) is 196 Å². The van der Waals surface area contributed by atoms with Crippen molar-refractivity contribution in [2.45, 2.75) is 183 Å². The standard InChI is InChI=1S/C30H43N2.C29H44N2.ClH/c1-10-13-24-18-31(29-25(20(2)3)14-11-15-26(29)21(4)5)19-32(24)30-27(22(6)7)16-12-17-28(30)23(8)9;1-10-13-23(31-29-26(21(6)7)16-12-17-27(29)22(8)9)18-30-28-24(19(2)3)14-11-15-25(28)20(4)5;/h10-12,14-17,19-24H,1,13,18H2,2-9H3;10-12,14-17,19-23,30-31H,1,13,18H2,2-9H3;1H/q+1;;/p-1. The Morgan fingerprint density at radius 3 is 1.25 bits per heavy atom. The summed E-state index contributed by atoms with van der Waals surface area (Å²) in [5.41, 5.74) is 16.8. The molecule has 2 atom stereocenters. The van der Waals surface area contributed by atoms with E-state index in [2.05, 4.69) is 229 Å². The number of halogens is 1. The molecule has 350 valence electrons. The van der Waals surface area contributed by atoms with E-state index >= 15 is 0 Å². The summed E-state index contributed by atoms with van der Waals surface area (Å²) in [6, 6.07) is 27.8. The first-order chi connectivity index (χ1) is 29.8. The van der Waals surface area contributed by atoms with Crippen LogP contribution in [0.25, 0.3) is 0 Å². The van der Waals surface area contributed by atoms with Gasteiger partial charge in [0.15, 0.2) is 0 Å². The van der Waals surface area contributed by atoms with Crippen molar-refractivity contribution in [3.05, 3.63) is 143 Å². The predicted octanol–water partition coefficient (Wildman–Crippen LogP) is 14.0. The summed E-state index contributed by atoms with van der Waals surface area (Å²) in [7, 11) is 0. The van der Waals surface area contributed by atoms with Crippen LogP contribution < -0.4 is 27.9 Å². The van der Waals surface area contributed by atoms with Crippen molar-refractivity contribution in [2.75, 3.05) is 28.6 Å². The highest BCUT2D eigenvalue weighted by atomic mass is 35.5. The second kappa shape index (κ2) is 24.9. The first-order valence-corrected chi connectivity index (χ1v) is 24.5. The van der Waals surface area contributed by atoms with Gasteiger partial charge in [0.2, 0.25) is 6.34 Å². The van der Waals surface area contributed by atoms with E-state index in [9.17, 15) is 0 Å². The Morgan fingerprint density at radius 1 is 0.531 bits per heavy atom. The number of anilines is 3. The summed E-state index contributed by atoms with van der Waals surface area (Å²) in [4.78, 5) is 2.56. The van der Waals surface area contributed by atoms with Gasteiger partial charge in [-0.2, -0.15) is 0 Å². The lowest BCUT2D eigenvalue weighted by atomic mass is 9.91. The zero-order valence-corrected chi connectivity index (χ0v) is 43.7. The first kappa shape index (κ1) is 54.1. The maximum Gasteiger partial charge on any atom is 0.245 e. The second-order valence-electron chi connectivity index (χ2n) is 20.5. The van der Waals surface area contributed by atoms with E-state index in [1.54, 1.807) is 0 Å². The third kappa shape index (κ3) is 13.2. The fraction of sp³-hybridized carbons (Fsp3) is 0.508. The zero-order chi connectivity index (χ0) is 46.7. The summed E-state index contributed by atoms with van der Waals surface area (Å²) in [6.45, 7) is 46.7. The molecule has 0 radical (unpaired) electrons. The molecule has 1 heterocycles. The Bertz CT molecular complexity index is 2030. The number of para-hydroxylation sites is 4. The van der Waals surface area contributed by atoms with Gasteiger partial charge >= 0.3 is 0 Å². The molecule has 0 aromatic heterocycles. The van der Waals surface area contributed by atoms with Gasteiger partial charge < -0.3 is 23.0 Å². The zero-order valence-electron chi connectivity index (χ0n) is 42.9. The van der Waals surface area contributed by atoms with Crippen LogP contribution in [0.3, 0.4) is 0 Å². The number of rotatable bonds is 19. The van der Waals surface area contributed by atoms with E-state index in [0.29, 0.717) is 53.4 Å². The smallest absolute Gasteiger partial charge is 0.245 e. The van der Waals surface area contributed by atoms with Crippen molar-refractivity contribution < 1.29 is 17.0 Å². The van der Waals surface area contributed by atoms with Gasteiger partial charge in [0.1, 0.15) is 24.0 Å². The summed E-state index contributed by atoms with van der Waals surface area (Å²) in [5.74, 6) is 3.86. The third-order valence-electron chi connectivity index (χ3n) is 12.8. The topological polar surface area (TPSA) is 30.3 Å². The van der Waals surface area contributed by atoms with Crippen LogP contribution >= 0.6 is 0 Å². The Labute approximate surface area is 398 Å². The summed E-state index contributed by atoms with van der Waals surface area (Å²) < 4.78 is 2.53. The molecular formula is C59H87ClN4. The summed E-state index contributed by atoms with van der Waals surface area (Å²) >= 11 is 0. The van der Waals surface area contributed by atoms with Crippen LogP contribution in [-0.4, -0.2) is 36.1 Å². The van der Waals surface area contributed by atoms with E-state index in [0.717, 1.165) is 25.9 Å². The molecule has 5 rings (SSSR count). The Balaban J connectivity index is 0.000000335. The van der Waals surface area contributed by atoms with Crippen LogP contribution in [0, 0.1) is 0 Å². The SMILES string of the molecule is C=CCC(CNc1c(C(C)C)cccc1C(C)C)Nc1c(C(C)C)cccc1C(C)C.C=CCC1C[N+](c2c(C(C)C)cccc2C(C)C)=CN1c1c(C(C)C)cccc1C(C)C.[Cl-]. The molecule has 0 saturated heterocycles. The number of nitrogens with one attached hydrogen (secondary N) is 2. The molecule has 0 saturated carbocycles. The summed E-state index contributed by atoms with van der Waals surface area (Å²) in [6.07, 6.45) is 8.40. The highest BCUT2D eigenvalue weighted by molar-refractivity contribution is 5.84. The fourth-order valence-electron chi connectivity index (χ4n) is 9.33. The van der Waals surface area contributed by atoms with Crippen LogP contribution in [0.15, 0.2) is 98.1 Å². The second-order valence-corrected chi connectivity index (χ2v) is 20.5. The number of nitrogens with zero attached hydrogens (tertiary/aromatic N) is 2. The van der Waals surface area contributed by atoms with Gasteiger partial charge in [-0.3, -0.25) is 0 Å². The van der Waals surface area contributed by atoms with Gasteiger partial charge in [0.05, 0.1) is 0 Å². The van der Waals surface area contributed by atoms with Crippen molar-refractivity contribution in [2.24, 2.45) is 0 Å². The molecule has 4 nitrogen and oxygen atoms in total. The highest BCUT2D eigenvalue weighted by Crippen LogP contribution is 2.41. The monoisotopic (exact) mass is 887 g/mol. The molecule has 1 aliphatic heterocycles. The van der Waals surface area contributed by atoms with Gasteiger partial charge in [-0.25, -0.2) is 9.48 Å². The van der Waals surface area contributed by atoms with Crippen LogP contribution in [-0.2, 0) is 0 Å². The predicted molar refractivity (Wildman–Crippen MR) is 281 cm³/mol. The Hall–Kier alpha value is -4.28. The molecule has 0 bridgehead atoms. The van der Waals surface area contributed by atoms with E-state index < -0.39 is 0 Å². The molecule has 2 unspecified atom stereocenters. The third-order valence-corrected chi connectivity index (χ3v) is 12.8. The van der Waals surface area contributed by atoms with Crippen molar-refractivity contribution >= 4 is 29.1 Å². The number of benzene rings is 4. The van der Waals surface area contributed by atoms with E-state index in [1.165, 1.54) is 67.3 Å². The number of hydrogen-bond acceptors (Lipinski definition) is 3. The van der Waals surface area contributed by atoms with Crippen molar-refractivity contribution in [1.82, 2.24) is 0 Å². The molecule has 2 N–H and O–H groups in total. The minimum atomic E-state index is 0. The Morgan fingerprint density at radius 2 is 0.891 bits per heavy atom. The lowest BCUT2D eigenvalue weighted by Crippen LogP contribution is -3.00. The fourth-order valence-corrected chi connectivity index (χ4v) is 9.33. The molecule has 0 amide bonds. The van der Waals surface area contributed by atoms with Gasteiger partial charge in [0, 0.05) is 52.6 Å². The summed E-state index contributed by atoms with van der Waals surface area (Å²) in [5, 5.41) is 7.75. The normalized spacial score (nSPS) is 14.4. The largest absolute Gasteiger partial charge is 1.00 e. The average molecular weight is 888 g/mol. The van der Waals surface area contributed by atoms with Crippen LogP contribution in [0.5, 0.6) is 0 Å².